The maximum absolute atomic E-state index is 11.8. The van der Waals surface area contributed by atoms with Crippen LogP contribution in [-0.4, -0.2) is 76.4 Å². The predicted molar refractivity (Wildman–Crippen MR) is 118 cm³/mol. The van der Waals surface area contributed by atoms with Gasteiger partial charge in [-0.1, -0.05) is 12.1 Å². The van der Waals surface area contributed by atoms with Gasteiger partial charge in [0.2, 0.25) is 5.91 Å². The highest BCUT2D eigenvalue weighted by molar-refractivity contribution is 5.81. The van der Waals surface area contributed by atoms with Crippen molar-refractivity contribution in [2.75, 3.05) is 59.6 Å². The van der Waals surface area contributed by atoms with Crippen LogP contribution in [-0.2, 0) is 9.53 Å². The molecule has 2 fully saturated rings. The predicted octanol–water partition coefficient (Wildman–Crippen LogP) is 1.15. The molecule has 0 bridgehead atoms. The van der Waals surface area contributed by atoms with Gasteiger partial charge >= 0.3 is 0 Å². The molecule has 1 heterocycles. The SMILES string of the molecule is CCNC(=NCC(c1ccc(OC)cc1)N1CCOCC1)NCCNC(=O)C1CC1. The molecule has 30 heavy (non-hydrogen) atoms. The molecule has 166 valence electrons. The van der Waals surface area contributed by atoms with Gasteiger partial charge in [0.05, 0.1) is 32.9 Å². The standard InChI is InChI=1S/C22H35N5O3/c1-3-23-22(25-11-10-24-21(28)18-4-5-18)26-16-20(27-12-14-30-15-13-27)17-6-8-19(29-2)9-7-17/h6-9,18,20H,3-5,10-16H2,1-2H3,(H,24,28)(H2,23,25,26). The van der Waals surface area contributed by atoms with Crippen LogP contribution in [0.4, 0.5) is 0 Å². The minimum absolute atomic E-state index is 0.171. The fraction of sp³-hybridized carbons (Fsp3) is 0.636. The molecular weight excluding hydrogens is 382 g/mol. The third-order valence-corrected chi connectivity index (χ3v) is 5.42. The summed E-state index contributed by atoms with van der Waals surface area (Å²) in [6.07, 6.45) is 2.05. The molecule has 1 saturated heterocycles. The van der Waals surface area contributed by atoms with E-state index in [1.165, 1.54) is 5.56 Å². The van der Waals surface area contributed by atoms with E-state index in [4.69, 9.17) is 14.5 Å². The first kappa shape index (κ1) is 22.4. The van der Waals surface area contributed by atoms with Crippen molar-refractivity contribution in [3.8, 4) is 5.75 Å². The summed E-state index contributed by atoms with van der Waals surface area (Å²) in [6.45, 7) is 7.99. The zero-order valence-corrected chi connectivity index (χ0v) is 18.2. The summed E-state index contributed by atoms with van der Waals surface area (Å²) in [7, 11) is 1.68. The summed E-state index contributed by atoms with van der Waals surface area (Å²) >= 11 is 0. The van der Waals surface area contributed by atoms with E-state index in [1.807, 2.05) is 12.1 Å². The third kappa shape index (κ3) is 6.88. The Morgan fingerprint density at radius 2 is 1.87 bits per heavy atom. The number of methoxy groups -OCH3 is 1. The smallest absolute Gasteiger partial charge is 0.223 e. The van der Waals surface area contributed by atoms with Crippen molar-refractivity contribution in [3.63, 3.8) is 0 Å². The minimum Gasteiger partial charge on any atom is -0.497 e. The van der Waals surface area contributed by atoms with E-state index in [1.54, 1.807) is 7.11 Å². The van der Waals surface area contributed by atoms with E-state index >= 15 is 0 Å². The van der Waals surface area contributed by atoms with Crippen LogP contribution in [0.25, 0.3) is 0 Å². The van der Waals surface area contributed by atoms with Gasteiger partial charge in [0.1, 0.15) is 5.75 Å². The Kier molecular flexibility index (Phi) is 8.77. The third-order valence-electron chi connectivity index (χ3n) is 5.42. The molecule has 1 aromatic carbocycles. The van der Waals surface area contributed by atoms with Crippen molar-refractivity contribution >= 4 is 11.9 Å². The summed E-state index contributed by atoms with van der Waals surface area (Å²) in [4.78, 5) is 19.0. The molecule has 1 unspecified atom stereocenters. The second kappa shape index (κ2) is 11.8. The van der Waals surface area contributed by atoms with Gasteiger partial charge in [0.15, 0.2) is 5.96 Å². The lowest BCUT2D eigenvalue weighted by molar-refractivity contribution is -0.122. The van der Waals surface area contributed by atoms with Gasteiger partial charge in [-0.25, -0.2) is 0 Å². The Labute approximate surface area is 179 Å². The van der Waals surface area contributed by atoms with Crippen LogP contribution in [0.1, 0.15) is 31.4 Å². The summed E-state index contributed by atoms with van der Waals surface area (Å²) in [5.41, 5.74) is 1.22. The van der Waals surface area contributed by atoms with Crippen molar-refractivity contribution in [1.29, 1.82) is 0 Å². The highest BCUT2D eigenvalue weighted by Crippen LogP contribution is 2.28. The van der Waals surface area contributed by atoms with Crippen molar-refractivity contribution in [1.82, 2.24) is 20.9 Å². The number of rotatable bonds is 10. The van der Waals surface area contributed by atoms with Gasteiger partial charge in [-0.2, -0.15) is 0 Å². The summed E-state index contributed by atoms with van der Waals surface area (Å²) in [6, 6.07) is 8.39. The molecule has 3 rings (SSSR count). The van der Waals surface area contributed by atoms with E-state index < -0.39 is 0 Å². The van der Waals surface area contributed by atoms with Crippen LogP contribution >= 0.6 is 0 Å². The topological polar surface area (TPSA) is 87.2 Å². The number of ether oxygens (including phenoxy) is 2. The van der Waals surface area contributed by atoms with Crippen LogP contribution in [0, 0.1) is 5.92 Å². The lowest BCUT2D eigenvalue weighted by Gasteiger charge is -2.34. The fourth-order valence-corrected chi connectivity index (χ4v) is 3.52. The quantitative estimate of drug-likeness (QED) is 0.301. The first-order chi connectivity index (χ1) is 14.7. The molecule has 1 amide bonds. The molecule has 8 heteroatoms. The van der Waals surface area contributed by atoms with E-state index in [-0.39, 0.29) is 17.9 Å². The van der Waals surface area contributed by atoms with Crippen LogP contribution in [0.15, 0.2) is 29.3 Å². The van der Waals surface area contributed by atoms with Gasteiger partial charge in [-0.05, 0) is 37.5 Å². The van der Waals surface area contributed by atoms with Gasteiger partial charge in [-0.15, -0.1) is 0 Å². The van der Waals surface area contributed by atoms with Crippen LogP contribution in [0.5, 0.6) is 5.75 Å². The number of aliphatic imine (C=N–C) groups is 1. The molecule has 0 aromatic heterocycles. The Morgan fingerprint density at radius 1 is 1.17 bits per heavy atom. The maximum Gasteiger partial charge on any atom is 0.223 e. The summed E-state index contributed by atoms with van der Waals surface area (Å²) < 4.78 is 10.8. The normalized spacial score (nSPS) is 18.5. The highest BCUT2D eigenvalue weighted by Gasteiger charge is 2.29. The average molecular weight is 418 g/mol. The number of nitrogens with one attached hydrogen (secondary N) is 3. The largest absolute Gasteiger partial charge is 0.497 e. The second-order valence-electron chi connectivity index (χ2n) is 7.65. The zero-order chi connectivity index (χ0) is 21.2. The molecule has 1 atom stereocenters. The number of hydrogen-bond acceptors (Lipinski definition) is 5. The minimum atomic E-state index is 0.171. The van der Waals surface area contributed by atoms with Gasteiger partial charge in [0, 0.05) is 38.6 Å². The Morgan fingerprint density at radius 3 is 2.50 bits per heavy atom. The molecule has 1 aromatic rings. The maximum atomic E-state index is 11.8. The summed E-state index contributed by atoms with van der Waals surface area (Å²) in [5.74, 6) is 2.03. The second-order valence-corrected chi connectivity index (χ2v) is 7.65. The van der Waals surface area contributed by atoms with Gasteiger partial charge in [0.25, 0.3) is 0 Å². The highest BCUT2D eigenvalue weighted by atomic mass is 16.5. The molecular formula is C22H35N5O3. The average Bonchev–Trinajstić information content (AvgIpc) is 3.63. The molecule has 1 aliphatic heterocycles. The van der Waals surface area contributed by atoms with Crippen molar-refractivity contribution < 1.29 is 14.3 Å². The molecule has 1 saturated carbocycles. The van der Waals surface area contributed by atoms with E-state index in [2.05, 4.69) is 39.9 Å². The molecule has 3 N–H and O–H groups in total. The van der Waals surface area contributed by atoms with Crippen LogP contribution in [0.2, 0.25) is 0 Å². The number of carbonyl (C=O) groups excluding carboxylic acids is 1. The monoisotopic (exact) mass is 417 g/mol. The number of carbonyl (C=O) groups is 1. The number of guanidine groups is 1. The zero-order valence-electron chi connectivity index (χ0n) is 18.2. The van der Waals surface area contributed by atoms with E-state index in [0.717, 1.165) is 57.4 Å². The van der Waals surface area contributed by atoms with E-state index in [0.29, 0.717) is 19.6 Å². The number of nitrogens with zero attached hydrogens (tertiary/aromatic N) is 2. The molecule has 2 aliphatic rings. The number of benzene rings is 1. The molecule has 1 aliphatic carbocycles. The lowest BCUT2D eigenvalue weighted by Crippen LogP contribution is -2.43. The van der Waals surface area contributed by atoms with Crippen LogP contribution < -0.4 is 20.7 Å². The van der Waals surface area contributed by atoms with Crippen molar-refractivity contribution in [2.45, 2.75) is 25.8 Å². The first-order valence-corrected chi connectivity index (χ1v) is 11.0. The molecule has 0 spiro atoms. The molecule has 0 radical (unpaired) electrons. The Balaban J connectivity index is 1.60. The van der Waals surface area contributed by atoms with Gasteiger partial charge < -0.3 is 25.4 Å². The Hall–Kier alpha value is -2.32. The summed E-state index contributed by atoms with van der Waals surface area (Å²) in [5, 5.41) is 9.60. The number of amides is 1. The van der Waals surface area contributed by atoms with E-state index in [9.17, 15) is 4.79 Å². The number of morpholine rings is 1. The van der Waals surface area contributed by atoms with Crippen LogP contribution in [0.3, 0.4) is 0 Å². The van der Waals surface area contributed by atoms with Crippen molar-refractivity contribution in [2.24, 2.45) is 10.9 Å². The van der Waals surface area contributed by atoms with Gasteiger partial charge in [-0.3, -0.25) is 14.7 Å². The molecule has 8 nitrogen and oxygen atoms in total. The first-order valence-electron chi connectivity index (χ1n) is 11.0. The lowest BCUT2D eigenvalue weighted by atomic mass is 10.0. The number of hydrogen-bond donors (Lipinski definition) is 3. The van der Waals surface area contributed by atoms with Crippen molar-refractivity contribution in [3.05, 3.63) is 29.8 Å². The fourth-order valence-electron chi connectivity index (χ4n) is 3.52. The Bertz CT molecular complexity index is 685.